The van der Waals surface area contributed by atoms with Gasteiger partial charge in [-0.15, -0.1) is 0 Å². The molecule has 0 saturated carbocycles. The van der Waals surface area contributed by atoms with Crippen molar-refractivity contribution in [2.45, 2.75) is 20.8 Å². The lowest BCUT2D eigenvalue weighted by atomic mass is 9.97. The second-order valence-corrected chi connectivity index (χ2v) is 6.78. The minimum atomic E-state index is -0.517. The summed E-state index contributed by atoms with van der Waals surface area (Å²) in [5.41, 5.74) is 1.50. The standard InChI is InChI=1S/C17H17IO2/c1-17(2,3)16(19)20-15-11-7-5-9-13(15)12-8-4-6-10-14(12)18/h4-11H,1-3H3. The van der Waals surface area contributed by atoms with E-state index >= 15 is 0 Å². The minimum absolute atomic E-state index is 0.226. The van der Waals surface area contributed by atoms with Gasteiger partial charge >= 0.3 is 5.97 Å². The molecule has 0 aliphatic heterocycles. The van der Waals surface area contributed by atoms with Crippen LogP contribution in [0.4, 0.5) is 0 Å². The van der Waals surface area contributed by atoms with Crippen LogP contribution < -0.4 is 4.74 Å². The highest BCUT2D eigenvalue weighted by Crippen LogP contribution is 2.34. The lowest BCUT2D eigenvalue weighted by Crippen LogP contribution is -2.25. The number of esters is 1. The highest BCUT2D eigenvalue weighted by atomic mass is 127. The summed E-state index contributed by atoms with van der Waals surface area (Å²) in [5, 5.41) is 0. The van der Waals surface area contributed by atoms with Gasteiger partial charge in [0.2, 0.25) is 0 Å². The molecule has 0 amide bonds. The number of carbonyl (C=O) groups is 1. The van der Waals surface area contributed by atoms with Crippen LogP contribution in [0.15, 0.2) is 48.5 Å². The fraction of sp³-hybridized carbons (Fsp3) is 0.235. The van der Waals surface area contributed by atoms with Crippen LogP contribution in [-0.2, 0) is 4.79 Å². The van der Waals surface area contributed by atoms with Crippen molar-refractivity contribution in [2.75, 3.05) is 0 Å². The van der Waals surface area contributed by atoms with Crippen molar-refractivity contribution >= 4 is 28.6 Å². The number of hydrogen-bond donors (Lipinski definition) is 0. The minimum Gasteiger partial charge on any atom is -0.425 e. The van der Waals surface area contributed by atoms with Crippen LogP contribution in [0.5, 0.6) is 5.75 Å². The zero-order valence-electron chi connectivity index (χ0n) is 11.8. The zero-order chi connectivity index (χ0) is 14.8. The maximum atomic E-state index is 12.1. The third-order valence-corrected chi connectivity index (χ3v) is 3.81. The van der Waals surface area contributed by atoms with Crippen molar-refractivity contribution in [3.63, 3.8) is 0 Å². The fourth-order valence-corrected chi connectivity index (χ4v) is 2.39. The lowest BCUT2D eigenvalue weighted by molar-refractivity contribution is -0.142. The predicted molar refractivity (Wildman–Crippen MR) is 89.7 cm³/mol. The van der Waals surface area contributed by atoms with Crippen molar-refractivity contribution < 1.29 is 9.53 Å². The summed E-state index contributed by atoms with van der Waals surface area (Å²) < 4.78 is 6.71. The predicted octanol–water partition coefficient (Wildman–Crippen LogP) is 4.91. The summed E-state index contributed by atoms with van der Waals surface area (Å²) in [4.78, 5) is 12.1. The van der Waals surface area contributed by atoms with Gasteiger partial charge in [0.15, 0.2) is 0 Å². The molecule has 0 N–H and O–H groups in total. The topological polar surface area (TPSA) is 26.3 Å². The SMILES string of the molecule is CC(C)(C)C(=O)Oc1ccccc1-c1ccccc1I. The van der Waals surface area contributed by atoms with Crippen molar-refractivity contribution in [1.29, 1.82) is 0 Å². The Balaban J connectivity index is 2.42. The van der Waals surface area contributed by atoms with E-state index in [2.05, 4.69) is 22.6 Å². The molecule has 0 spiro atoms. The molecule has 0 aromatic heterocycles. The van der Waals surface area contributed by atoms with Gasteiger partial charge in [-0.05, 0) is 61.1 Å². The average molecular weight is 380 g/mol. The first-order valence-electron chi connectivity index (χ1n) is 6.46. The fourth-order valence-electron chi connectivity index (χ4n) is 1.71. The van der Waals surface area contributed by atoms with Crippen LogP contribution in [0, 0.1) is 8.99 Å². The van der Waals surface area contributed by atoms with Crippen LogP contribution in [-0.4, -0.2) is 5.97 Å². The number of carbonyl (C=O) groups excluding carboxylic acids is 1. The molecule has 0 aliphatic rings. The van der Waals surface area contributed by atoms with E-state index in [9.17, 15) is 4.79 Å². The first-order valence-corrected chi connectivity index (χ1v) is 7.53. The smallest absolute Gasteiger partial charge is 0.316 e. The number of benzene rings is 2. The molecule has 0 aliphatic carbocycles. The largest absolute Gasteiger partial charge is 0.425 e. The average Bonchev–Trinajstić information content (AvgIpc) is 2.39. The maximum absolute atomic E-state index is 12.1. The van der Waals surface area contributed by atoms with E-state index in [4.69, 9.17) is 4.74 Å². The molecular weight excluding hydrogens is 363 g/mol. The zero-order valence-corrected chi connectivity index (χ0v) is 14.0. The molecule has 3 heteroatoms. The highest BCUT2D eigenvalue weighted by molar-refractivity contribution is 14.1. The molecule has 2 nitrogen and oxygen atoms in total. The van der Waals surface area contributed by atoms with Gasteiger partial charge in [-0.25, -0.2) is 0 Å². The van der Waals surface area contributed by atoms with Crippen molar-refractivity contribution in [3.8, 4) is 16.9 Å². The lowest BCUT2D eigenvalue weighted by Gasteiger charge is -2.18. The summed E-state index contributed by atoms with van der Waals surface area (Å²) >= 11 is 2.29. The molecule has 2 aromatic carbocycles. The molecular formula is C17H17IO2. The Morgan fingerprint density at radius 2 is 1.50 bits per heavy atom. The summed E-state index contributed by atoms with van der Waals surface area (Å²) in [6, 6.07) is 15.7. The number of para-hydroxylation sites is 1. The summed E-state index contributed by atoms with van der Waals surface area (Å²) in [6.07, 6.45) is 0. The second kappa shape index (κ2) is 5.95. The van der Waals surface area contributed by atoms with Gasteiger partial charge in [-0.1, -0.05) is 36.4 Å². The molecule has 0 atom stereocenters. The van der Waals surface area contributed by atoms with E-state index in [0.29, 0.717) is 5.75 Å². The Morgan fingerprint density at radius 3 is 2.10 bits per heavy atom. The van der Waals surface area contributed by atoms with Crippen molar-refractivity contribution in [1.82, 2.24) is 0 Å². The second-order valence-electron chi connectivity index (χ2n) is 5.62. The normalized spacial score (nSPS) is 11.2. The molecule has 0 unspecified atom stereocenters. The summed E-state index contributed by atoms with van der Waals surface area (Å²) in [5.74, 6) is 0.382. The van der Waals surface area contributed by atoms with Crippen LogP contribution >= 0.6 is 22.6 Å². The van der Waals surface area contributed by atoms with Gasteiger partial charge in [-0.2, -0.15) is 0 Å². The molecule has 104 valence electrons. The van der Waals surface area contributed by atoms with Crippen molar-refractivity contribution in [2.24, 2.45) is 5.41 Å². The van der Waals surface area contributed by atoms with Gasteiger partial charge in [0.05, 0.1) is 5.41 Å². The Bertz CT molecular complexity index is 627. The molecule has 20 heavy (non-hydrogen) atoms. The van der Waals surface area contributed by atoms with Crippen molar-refractivity contribution in [3.05, 3.63) is 52.1 Å². The third-order valence-electron chi connectivity index (χ3n) is 2.87. The van der Waals surface area contributed by atoms with Gasteiger partial charge in [0.1, 0.15) is 5.75 Å². The van der Waals surface area contributed by atoms with E-state index in [0.717, 1.165) is 14.7 Å². The molecule has 0 bridgehead atoms. The summed E-state index contributed by atoms with van der Waals surface area (Å²) in [6.45, 7) is 5.55. The number of rotatable bonds is 2. The molecule has 0 radical (unpaired) electrons. The van der Waals surface area contributed by atoms with Crippen LogP contribution in [0.3, 0.4) is 0 Å². The van der Waals surface area contributed by atoms with E-state index in [1.54, 1.807) is 0 Å². The first-order chi connectivity index (χ1) is 9.39. The molecule has 2 rings (SSSR count). The molecule has 0 heterocycles. The van der Waals surface area contributed by atoms with Gasteiger partial charge < -0.3 is 4.74 Å². The van der Waals surface area contributed by atoms with E-state index in [-0.39, 0.29) is 5.97 Å². The van der Waals surface area contributed by atoms with E-state index < -0.39 is 5.41 Å². The van der Waals surface area contributed by atoms with E-state index in [1.165, 1.54) is 0 Å². The monoisotopic (exact) mass is 380 g/mol. The summed E-state index contributed by atoms with van der Waals surface area (Å²) in [7, 11) is 0. The van der Waals surface area contributed by atoms with Gasteiger partial charge in [0, 0.05) is 9.13 Å². The Kier molecular flexibility index (Phi) is 4.48. The Morgan fingerprint density at radius 1 is 0.950 bits per heavy atom. The Hall–Kier alpha value is -1.36. The highest BCUT2D eigenvalue weighted by Gasteiger charge is 2.24. The molecule has 0 saturated heterocycles. The number of hydrogen-bond acceptors (Lipinski definition) is 2. The van der Waals surface area contributed by atoms with Crippen LogP contribution in [0.25, 0.3) is 11.1 Å². The van der Waals surface area contributed by atoms with Gasteiger partial charge in [-0.3, -0.25) is 4.79 Å². The number of ether oxygens (including phenoxy) is 1. The van der Waals surface area contributed by atoms with Crippen LogP contribution in [0.1, 0.15) is 20.8 Å². The van der Waals surface area contributed by atoms with Crippen LogP contribution in [0.2, 0.25) is 0 Å². The molecule has 2 aromatic rings. The first kappa shape index (κ1) is 15.0. The maximum Gasteiger partial charge on any atom is 0.316 e. The Labute approximate surface area is 133 Å². The van der Waals surface area contributed by atoms with Gasteiger partial charge in [0.25, 0.3) is 0 Å². The number of halogens is 1. The third kappa shape index (κ3) is 3.39. The quantitative estimate of drug-likeness (QED) is 0.421. The molecule has 0 fully saturated rings. The van der Waals surface area contributed by atoms with E-state index in [1.807, 2.05) is 69.3 Å².